The maximum Gasteiger partial charge on any atom is 0.263 e. The number of hydrogen-bond donors (Lipinski definition) is 6. The highest BCUT2D eigenvalue weighted by atomic mass is 79.9. The largest absolute Gasteiger partial charge is 0.508 e. The average Bonchev–Trinajstić information content (AvgIpc) is 1.40. The van der Waals surface area contributed by atoms with E-state index in [4.69, 9.17) is 44.7 Å². The van der Waals surface area contributed by atoms with Crippen LogP contribution < -0.4 is 45.2 Å². The maximum atomic E-state index is 15.0. The number of anilines is 4. The summed E-state index contributed by atoms with van der Waals surface area (Å²) in [5.74, 6) is 5.87. The number of nitrogens with zero attached hydrogens (tertiary/aromatic N) is 20. The van der Waals surface area contributed by atoms with E-state index in [1.807, 2.05) is 199 Å². The van der Waals surface area contributed by atoms with E-state index >= 15 is 4.39 Å². The van der Waals surface area contributed by atoms with Crippen LogP contribution in [0.25, 0.3) is 132 Å². The molecule has 0 radical (unpaired) electrons. The summed E-state index contributed by atoms with van der Waals surface area (Å²) in [5, 5.41) is 46.7. The molecule has 12 heterocycles. The van der Waals surface area contributed by atoms with E-state index in [-0.39, 0.29) is 77.2 Å². The monoisotopic (exact) mass is 1940 g/mol. The van der Waals surface area contributed by atoms with Crippen molar-refractivity contribution in [3.63, 3.8) is 0 Å². The first-order valence-corrected chi connectivity index (χ1v) is 45.3. The van der Waals surface area contributed by atoms with Gasteiger partial charge in [-0.1, -0.05) is 163 Å². The molecule has 30 nitrogen and oxygen atoms in total. The second-order valence-corrected chi connectivity index (χ2v) is 34.7. The second kappa shape index (κ2) is 37.9. The number of fused-ring (bicyclic) bond motifs is 8. The molecular weight excluding hydrogens is 1860 g/mol. The van der Waals surface area contributed by atoms with Crippen LogP contribution in [0.4, 0.5) is 32.1 Å². The Morgan fingerprint density at radius 3 is 1.06 bits per heavy atom. The van der Waals surface area contributed by atoms with Crippen LogP contribution in [0, 0.1) is 65.0 Å². The molecule has 0 bridgehead atoms. The van der Waals surface area contributed by atoms with Gasteiger partial charge in [0.1, 0.15) is 93.8 Å². The van der Waals surface area contributed by atoms with E-state index in [1.165, 1.54) is 46.6 Å². The molecule has 0 amide bonds. The summed E-state index contributed by atoms with van der Waals surface area (Å²) in [6.45, 7) is 14.0. The number of phenolic OH excluding ortho intramolecular Hbond substituents is 1. The van der Waals surface area contributed by atoms with Crippen molar-refractivity contribution in [1.29, 1.82) is 0 Å². The summed E-state index contributed by atoms with van der Waals surface area (Å²) in [4.78, 5) is 89.2. The fourth-order valence-electron chi connectivity index (χ4n) is 17.8. The summed E-state index contributed by atoms with van der Waals surface area (Å²) >= 11 is 9.64. The van der Waals surface area contributed by atoms with Gasteiger partial charge >= 0.3 is 0 Å². The summed E-state index contributed by atoms with van der Waals surface area (Å²) in [6, 6.07) is 72.8. The lowest BCUT2D eigenvalue weighted by Crippen LogP contribution is -2.25. The zero-order valence-electron chi connectivity index (χ0n) is 76.1. The van der Waals surface area contributed by atoms with Crippen molar-refractivity contribution in [2.45, 2.75) is 80.7 Å². The van der Waals surface area contributed by atoms with Gasteiger partial charge in [0.05, 0.1) is 92.0 Å². The number of para-hydroxylation sites is 4. The minimum absolute atomic E-state index is 0.0794. The van der Waals surface area contributed by atoms with Crippen LogP contribution in [0.5, 0.6) is 5.75 Å². The Morgan fingerprint density at radius 1 is 0.357 bits per heavy atom. The normalized spacial score (nSPS) is 11.6. The third kappa shape index (κ3) is 17.3. The zero-order chi connectivity index (χ0) is 97.7. The fourth-order valence-corrected chi connectivity index (χ4v) is 18.6. The maximum absolute atomic E-state index is 15.0. The third-order valence-corrected chi connectivity index (χ3v) is 25.1. The highest BCUT2D eigenvalue weighted by Crippen LogP contribution is 2.37. The molecule has 34 heteroatoms. The van der Waals surface area contributed by atoms with Gasteiger partial charge in [-0.15, -0.1) is 0 Å². The minimum atomic E-state index is -0.823. The first-order chi connectivity index (χ1) is 67.6. The number of phenols is 1. The molecule has 10 N–H and O–H groups in total. The number of aromatic hydroxyl groups is 1. The molecule has 1 atom stereocenters. The fraction of sp³-hybridized carbons (Fsp3) is 0.113. The Hall–Kier alpha value is -17.6. The van der Waals surface area contributed by atoms with Crippen molar-refractivity contribution in [3.05, 3.63) is 392 Å². The molecule has 10 aromatic carbocycles. The Balaban J connectivity index is 0.000000119. The summed E-state index contributed by atoms with van der Waals surface area (Å²) < 4.78 is 43.3. The van der Waals surface area contributed by atoms with Crippen molar-refractivity contribution >= 4 is 138 Å². The van der Waals surface area contributed by atoms with Gasteiger partial charge in [-0.2, -0.15) is 20.4 Å². The van der Waals surface area contributed by atoms with Crippen molar-refractivity contribution in [1.82, 2.24) is 97.3 Å². The van der Waals surface area contributed by atoms with Gasteiger partial charge in [0.15, 0.2) is 22.6 Å². The van der Waals surface area contributed by atoms with Crippen LogP contribution in [0.15, 0.2) is 292 Å². The third-order valence-electron chi connectivity index (χ3n) is 24.3. The first kappa shape index (κ1) is 91.5. The van der Waals surface area contributed by atoms with E-state index in [0.29, 0.717) is 115 Å². The highest BCUT2D eigenvalue weighted by molar-refractivity contribution is 9.10. The number of halogens is 4. The number of rotatable bonds is 14. The molecule has 140 heavy (non-hydrogen) atoms. The molecule has 12 aromatic heterocycles. The molecule has 0 aliphatic carbocycles. The molecule has 22 aromatic rings. The average molecular weight is 1940 g/mol. The molecular formula is C106H84BrClF2N24O6. The van der Waals surface area contributed by atoms with Crippen LogP contribution in [-0.2, 0) is 26.2 Å². The number of aliphatic hydroxyl groups excluding tert-OH is 1. The van der Waals surface area contributed by atoms with E-state index in [2.05, 4.69) is 77.8 Å². The molecule has 692 valence electrons. The van der Waals surface area contributed by atoms with Crippen LogP contribution in [0.2, 0.25) is 5.02 Å². The highest BCUT2D eigenvalue weighted by Gasteiger charge is 2.28. The Kier molecular flexibility index (Phi) is 24.8. The molecule has 22 rings (SSSR count). The van der Waals surface area contributed by atoms with Gasteiger partial charge in [0, 0.05) is 38.9 Å². The molecule has 0 aliphatic rings. The van der Waals surface area contributed by atoms with E-state index in [1.54, 1.807) is 108 Å². The van der Waals surface area contributed by atoms with Crippen molar-refractivity contribution in [3.8, 4) is 62.9 Å². The van der Waals surface area contributed by atoms with Gasteiger partial charge < -0.3 is 33.1 Å². The molecule has 0 fully saturated rings. The lowest BCUT2D eigenvalue weighted by atomic mass is 10.1. The van der Waals surface area contributed by atoms with E-state index in [9.17, 15) is 33.8 Å². The summed E-state index contributed by atoms with van der Waals surface area (Å²) in [7, 11) is 0. The summed E-state index contributed by atoms with van der Waals surface area (Å²) in [6.07, 6.45) is 4.69. The lowest BCUT2D eigenvalue weighted by molar-refractivity contribution is 0.253. The zero-order valence-corrected chi connectivity index (χ0v) is 78.4. The van der Waals surface area contributed by atoms with E-state index < -0.39 is 17.7 Å². The molecule has 0 saturated heterocycles. The van der Waals surface area contributed by atoms with Crippen LogP contribution in [0.1, 0.15) is 68.8 Å². The standard InChI is InChI=1S/C29H24N6O2.C28H20ClFN6O.C27H24N6O2.C22H16BrFN6O/c1-17-6-3-4-9-23(17)35-21(14-20-8-5-7-18(2)24(20)29(35)37)15-34-28-25(27(30)31-16-32-28)26(33-34)19-10-12-22(36)13-11-19;1-16-6-4-7-17-13-20(36(28(37)23(16)17)22-11-3-2-10-21(22)30)14-35-27-24(26(31)32-15-33-27)25(34-35)18-8-5-9-19(29)12-18;1-16-7-4-5-10-22(16)33-20(13-19-9-6-8-17(2)23(19)27(33)35)14-32-26-24(25(28)29-15-30-26)21(31-32)12-11-18(3)34;1-12-5-4-6-13-9-14(10-29-21-18(19(23)28-29)20(25)26-11-27-21)30(22(31)17(12)13)16-8-3-2-7-15(16)24/h3-14,16,36H,15H2,1-2H3,(H2,30,31,32);2-13,15H,14H2,1H3,(H2,31,32,33);4-10,13,15,18,34H,14H2,1-3H3,(H2,28,29,30);2-9,11H,10H2,1H3,(H2,25,26,27)/t;;18-;/m..1./s1. The molecule has 0 aliphatic heterocycles. The van der Waals surface area contributed by atoms with Crippen molar-refractivity contribution in [2.75, 3.05) is 22.9 Å². The topological polar surface area (TPSA) is 407 Å². The molecule has 0 spiro atoms. The minimum Gasteiger partial charge on any atom is -0.508 e. The van der Waals surface area contributed by atoms with Gasteiger partial charge in [-0.25, -0.2) is 67.4 Å². The van der Waals surface area contributed by atoms with Gasteiger partial charge in [0.25, 0.3) is 22.2 Å². The van der Waals surface area contributed by atoms with Crippen LogP contribution in [0.3, 0.4) is 0 Å². The van der Waals surface area contributed by atoms with Crippen molar-refractivity contribution in [2.24, 2.45) is 0 Å². The van der Waals surface area contributed by atoms with Gasteiger partial charge in [-0.3, -0.25) is 37.4 Å². The Labute approximate surface area is 808 Å². The smallest absolute Gasteiger partial charge is 0.263 e. The van der Waals surface area contributed by atoms with Crippen molar-refractivity contribution < 1.29 is 19.0 Å². The molecule has 0 unspecified atom stereocenters. The number of aliphatic hydroxyl groups is 1. The van der Waals surface area contributed by atoms with Gasteiger partial charge in [-0.05, 0) is 222 Å². The quantitative estimate of drug-likeness (QED) is 0.0551. The lowest BCUT2D eigenvalue weighted by Gasteiger charge is -2.17. The Morgan fingerprint density at radius 2 is 0.679 bits per heavy atom. The van der Waals surface area contributed by atoms with E-state index in [0.717, 1.165) is 88.8 Å². The number of aryl methyl sites for hydroxylation is 6. The predicted molar refractivity (Wildman–Crippen MR) is 546 cm³/mol. The van der Waals surface area contributed by atoms with Crippen LogP contribution in [-0.4, -0.2) is 114 Å². The number of benzene rings is 10. The summed E-state index contributed by atoms with van der Waals surface area (Å²) in [5.41, 5.74) is 39.0. The second-order valence-electron chi connectivity index (χ2n) is 33.5. The number of nitrogens with two attached hydrogens (primary N) is 4. The number of aromatic nitrogens is 20. The Bertz CT molecular complexity index is 9110. The number of nitrogen functional groups attached to an aromatic ring is 4. The van der Waals surface area contributed by atoms with Gasteiger partial charge in [0.2, 0.25) is 0 Å². The molecule has 0 saturated carbocycles. The predicted octanol–water partition coefficient (Wildman–Crippen LogP) is 17.4. The van der Waals surface area contributed by atoms with Crippen LogP contribution >= 0.6 is 27.5 Å². The SMILES string of the molecule is Cc1cccc2cc(Cn3nc(-c4cccc(Cl)c4)c4c(N)ncnc43)n(-c3ccccc3F)c(=O)c12.Cc1cccc2cc(Cn3nc(Br)c4c(N)ncnc43)n(-c3ccccc3F)c(=O)c12.Cc1ccccc1-n1c(Cn2nc(-c3ccc(O)cc3)c3c(N)ncnc32)cc2cccc(C)c2c1=O.Cc1ccccc1-n1c(Cn2nc(C#C[C@@H](C)O)c3c(N)ncnc32)cc2cccc(C)c2c1=O. The number of hydrogen-bond acceptors (Lipinski definition) is 22. The number of pyridine rings is 4. The first-order valence-electron chi connectivity index (χ1n) is 44.1.